The maximum absolute atomic E-state index is 11.9. The van der Waals surface area contributed by atoms with Gasteiger partial charge in [0.1, 0.15) is 12.3 Å². The molecule has 0 fully saturated rings. The van der Waals surface area contributed by atoms with Crippen molar-refractivity contribution in [2.75, 3.05) is 6.54 Å². The van der Waals surface area contributed by atoms with Crippen LogP contribution in [0, 0.1) is 0 Å². The molecule has 0 spiro atoms. The van der Waals surface area contributed by atoms with Crippen molar-refractivity contribution in [1.29, 1.82) is 0 Å². The highest BCUT2D eigenvalue weighted by Crippen LogP contribution is 2.20. The van der Waals surface area contributed by atoms with Crippen molar-refractivity contribution in [1.82, 2.24) is 10.5 Å². The molecular weight excluding hydrogens is 360 g/mol. The van der Waals surface area contributed by atoms with E-state index in [1.807, 2.05) is 0 Å². The number of nitrogens with zero attached hydrogens (tertiary/aromatic N) is 1. The summed E-state index contributed by atoms with van der Waals surface area (Å²) in [5.41, 5.74) is 0.936. The number of esters is 1. The number of rotatable bonds is 7. The minimum absolute atomic E-state index is 0.0197. The summed E-state index contributed by atoms with van der Waals surface area (Å²) in [6, 6.07) is 11.6. The molecule has 0 atom stereocenters. The van der Waals surface area contributed by atoms with Crippen LogP contribution >= 0.6 is 11.6 Å². The first-order chi connectivity index (χ1) is 12.6. The molecule has 8 heteroatoms. The average molecular weight is 375 g/mol. The van der Waals surface area contributed by atoms with Crippen LogP contribution in [0.4, 0.5) is 0 Å². The Labute approximate surface area is 153 Å². The summed E-state index contributed by atoms with van der Waals surface area (Å²) in [4.78, 5) is 23.6. The van der Waals surface area contributed by atoms with Gasteiger partial charge in [-0.3, -0.25) is 9.59 Å². The Kier molecular flexibility index (Phi) is 5.70. The van der Waals surface area contributed by atoms with Crippen LogP contribution < -0.4 is 5.32 Å². The molecule has 1 aromatic carbocycles. The molecule has 1 amide bonds. The molecule has 0 radical (unpaired) electrons. The van der Waals surface area contributed by atoms with E-state index in [0.717, 1.165) is 0 Å². The van der Waals surface area contributed by atoms with E-state index in [2.05, 4.69) is 10.5 Å². The highest BCUT2D eigenvalue weighted by Gasteiger charge is 2.12. The lowest BCUT2D eigenvalue weighted by Gasteiger charge is -2.05. The second kappa shape index (κ2) is 8.35. The van der Waals surface area contributed by atoms with Gasteiger partial charge in [0, 0.05) is 23.2 Å². The average Bonchev–Trinajstić information content (AvgIpc) is 3.32. The van der Waals surface area contributed by atoms with Crippen molar-refractivity contribution >= 4 is 23.5 Å². The van der Waals surface area contributed by atoms with E-state index in [4.69, 9.17) is 25.3 Å². The third-order valence-electron chi connectivity index (χ3n) is 3.43. The summed E-state index contributed by atoms with van der Waals surface area (Å²) >= 11 is 5.77. The zero-order chi connectivity index (χ0) is 18.4. The highest BCUT2D eigenvalue weighted by atomic mass is 35.5. The fourth-order valence-electron chi connectivity index (χ4n) is 2.12. The zero-order valence-corrected chi connectivity index (χ0v) is 14.4. The summed E-state index contributed by atoms with van der Waals surface area (Å²) < 4.78 is 15.4. The van der Waals surface area contributed by atoms with Crippen LogP contribution in [0.5, 0.6) is 0 Å². The lowest BCUT2D eigenvalue weighted by atomic mass is 10.2. The van der Waals surface area contributed by atoms with E-state index in [1.165, 1.54) is 6.26 Å². The normalized spacial score (nSPS) is 10.5. The van der Waals surface area contributed by atoms with Crippen molar-refractivity contribution in [3.05, 3.63) is 65.0 Å². The van der Waals surface area contributed by atoms with Crippen LogP contribution in [0.3, 0.4) is 0 Å². The van der Waals surface area contributed by atoms with E-state index in [-0.39, 0.29) is 25.5 Å². The molecule has 0 aliphatic carbocycles. The lowest BCUT2D eigenvalue weighted by molar-refractivity contribution is -0.144. The molecule has 0 unspecified atom stereocenters. The van der Waals surface area contributed by atoms with Crippen LogP contribution in [-0.2, 0) is 16.1 Å². The zero-order valence-electron chi connectivity index (χ0n) is 13.6. The van der Waals surface area contributed by atoms with Crippen LogP contribution in [0.25, 0.3) is 11.5 Å². The molecule has 2 aromatic heterocycles. The molecular formula is C18H15ClN2O5. The van der Waals surface area contributed by atoms with Crippen molar-refractivity contribution in [3.8, 4) is 11.5 Å². The number of nitrogens with one attached hydrogen (secondary N) is 1. The van der Waals surface area contributed by atoms with Gasteiger partial charge in [0.2, 0.25) is 5.76 Å². The van der Waals surface area contributed by atoms with Crippen LogP contribution in [0.1, 0.15) is 22.5 Å². The van der Waals surface area contributed by atoms with Gasteiger partial charge in [0.15, 0.2) is 5.76 Å². The predicted octanol–water partition coefficient (Wildman–Crippen LogP) is 3.45. The van der Waals surface area contributed by atoms with Gasteiger partial charge < -0.3 is 19.0 Å². The topological polar surface area (TPSA) is 94.6 Å². The fraction of sp³-hybridized carbons (Fsp3) is 0.167. The Bertz CT molecular complexity index is 871. The first-order valence-electron chi connectivity index (χ1n) is 7.80. The summed E-state index contributed by atoms with van der Waals surface area (Å²) in [6.45, 7) is 0.144. The highest BCUT2D eigenvalue weighted by molar-refractivity contribution is 6.30. The molecule has 26 heavy (non-hydrogen) atoms. The Morgan fingerprint density at radius 2 is 1.96 bits per heavy atom. The van der Waals surface area contributed by atoms with E-state index >= 15 is 0 Å². The number of hydrogen-bond acceptors (Lipinski definition) is 6. The minimum Gasteiger partial charge on any atom is -0.461 e. The van der Waals surface area contributed by atoms with E-state index in [0.29, 0.717) is 27.8 Å². The molecule has 7 nitrogen and oxygen atoms in total. The molecule has 0 saturated carbocycles. The first kappa shape index (κ1) is 17.8. The number of carbonyl (C=O) groups is 2. The van der Waals surface area contributed by atoms with Gasteiger partial charge in [-0.25, -0.2) is 0 Å². The van der Waals surface area contributed by atoms with Crippen molar-refractivity contribution in [3.63, 3.8) is 0 Å². The maximum Gasteiger partial charge on any atom is 0.307 e. The van der Waals surface area contributed by atoms with Crippen molar-refractivity contribution in [2.45, 2.75) is 13.0 Å². The van der Waals surface area contributed by atoms with Crippen LogP contribution in [0.15, 0.2) is 57.7 Å². The van der Waals surface area contributed by atoms with E-state index < -0.39 is 5.97 Å². The third-order valence-corrected chi connectivity index (χ3v) is 3.68. The Hall–Kier alpha value is -3.06. The molecule has 2 heterocycles. The predicted molar refractivity (Wildman–Crippen MR) is 92.4 cm³/mol. The quantitative estimate of drug-likeness (QED) is 0.636. The fourth-order valence-corrected chi connectivity index (χ4v) is 2.25. The van der Waals surface area contributed by atoms with Crippen LogP contribution in [0.2, 0.25) is 5.02 Å². The molecule has 1 N–H and O–H groups in total. The number of aromatic nitrogens is 1. The van der Waals surface area contributed by atoms with Gasteiger partial charge in [-0.15, -0.1) is 0 Å². The largest absolute Gasteiger partial charge is 0.461 e. The summed E-state index contributed by atoms with van der Waals surface area (Å²) in [7, 11) is 0. The van der Waals surface area contributed by atoms with Crippen LogP contribution in [-0.4, -0.2) is 23.6 Å². The Morgan fingerprint density at radius 1 is 1.15 bits per heavy atom. The summed E-state index contributed by atoms with van der Waals surface area (Å²) in [5, 5.41) is 7.00. The Morgan fingerprint density at radius 3 is 2.69 bits per heavy atom. The minimum atomic E-state index is -0.455. The molecule has 3 aromatic rings. The SMILES string of the molecule is O=C(CCNC(=O)c1ccc(Cl)cc1)OCc1cc(-c2ccco2)on1. The maximum atomic E-state index is 11.9. The second-order valence-corrected chi connectivity index (χ2v) is 5.77. The van der Waals surface area contributed by atoms with Gasteiger partial charge in [0.25, 0.3) is 5.91 Å². The summed E-state index contributed by atoms with van der Waals surface area (Å²) in [5.74, 6) is 0.259. The number of carbonyl (C=O) groups excluding carboxylic acids is 2. The van der Waals surface area contributed by atoms with Crippen molar-refractivity contribution < 1.29 is 23.3 Å². The smallest absolute Gasteiger partial charge is 0.307 e. The Balaban J connectivity index is 1.39. The van der Waals surface area contributed by atoms with Gasteiger partial charge in [0.05, 0.1) is 12.7 Å². The molecule has 0 bridgehead atoms. The van der Waals surface area contributed by atoms with Crippen molar-refractivity contribution in [2.24, 2.45) is 0 Å². The molecule has 0 aliphatic heterocycles. The molecule has 0 saturated heterocycles. The number of benzene rings is 1. The molecule has 3 rings (SSSR count). The standard InChI is InChI=1S/C18H15ClN2O5/c19-13-5-3-12(4-6-13)18(23)20-8-7-17(22)25-11-14-10-16(26-21-14)15-2-1-9-24-15/h1-6,9-10H,7-8,11H2,(H,20,23). The molecule has 134 valence electrons. The second-order valence-electron chi connectivity index (χ2n) is 5.33. The lowest BCUT2D eigenvalue weighted by Crippen LogP contribution is -2.26. The van der Waals surface area contributed by atoms with Gasteiger partial charge in [-0.2, -0.15) is 0 Å². The number of halogens is 1. The van der Waals surface area contributed by atoms with E-state index in [1.54, 1.807) is 42.5 Å². The summed E-state index contributed by atoms with van der Waals surface area (Å²) in [6.07, 6.45) is 1.57. The van der Waals surface area contributed by atoms with Gasteiger partial charge >= 0.3 is 5.97 Å². The number of furan rings is 1. The van der Waals surface area contributed by atoms with Gasteiger partial charge in [-0.1, -0.05) is 16.8 Å². The third kappa shape index (κ3) is 4.73. The monoisotopic (exact) mass is 374 g/mol. The number of hydrogen-bond donors (Lipinski definition) is 1. The molecule has 0 aliphatic rings. The van der Waals surface area contributed by atoms with Gasteiger partial charge in [-0.05, 0) is 36.4 Å². The number of amides is 1. The van der Waals surface area contributed by atoms with E-state index in [9.17, 15) is 9.59 Å². The number of ether oxygens (including phenoxy) is 1. The first-order valence-corrected chi connectivity index (χ1v) is 8.18.